The Bertz CT molecular complexity index is 633. The van der Waals surface area contributed by atoms with Crippen molar-refractivity contribution >= 4 is 17.3 Å². The zero-order chi connectivity index (χ0) is 16.4. The Morgan fingerprint density at radius 3 is 2.30 bits per heavy atom. The summed E-state index contributed by atoms with van der Waals surface area (Å²) in [6.45, 7) is 4.20. The summed E-state index contributed by atoms with van der Waals surface area (Å²) in [5.41, 5.74) is 1.50. The maximum Gasteiger partial charge on any atom is 0.274 e. The van der Waals surface area contributed by atoms with E-state index in [1.165, 1.54) is 12.1 Å². The molecule has 122 valence electrons. The fourth-order valence-electron chi connectivity index (χ4n) is 2.97. The molecule has 1 aromatic carbocycles. The maximum atomic E-state index is 12.8. The largest absolute Gasteiger partial charge is 0.365 e. The molecule has 3 rings (SSSR count). The molecule has 1 aromatic rings. The van der Waals surface area contributed by atoms with Crippen LogP contribution in [0.25, 0.3) is 0 Å². The van der Waals surface area contributed by atoms with Gasteiger partial charge < -0.3 is 14.7 Å². The molecule has 0 unspecified atom stereocenters. The first kappa shape index (κ1) is 15.5. The van der Waals surface area contributed by atoms with Crippen LogP contribution in [-0.2, 0) is 4.79 Å². The molecule has 2 aliphatic heterocycles. The number of hydrogen-bond donors (Lipinski definition) is 0. The number of carbonyl (C=O) groups excluding carboxylic acids is 1. The molecule has 23 heavy (non-hydrogen) atoms. The number of anilines is 1. The van der Waals surface area contributed by atoms with Gasteiger partial charge in [0.05, 0.1) is 10.6 Å². The van der Waals surface area contributed by atoms with Crippen LogP contribution >= 0.6 is 0 Å². The molecule has 0 N–H and O–H groups in total. The van der Waals surface area contributed by atoms with E-state index in [0.29, 0.717) is 12.2 Å². The third-order valence-corrected chi connectivity index (χ3v) is 4.37. The molecule has 7 heteroatoms. The molecule has 1 amide bonds. The molecule has 0 radical (unpaired) electrons. The number of piperazine rings is 1. The lowest BCUT2D eigenvalue weighted by Crippen LogP contribution is -2.49. The summed E-state index contributed by atoms with van der Waals surface area (Å²) in [7, 11) is 2.08. The van der Waals surface area contributed by atoms with E-state index in [-0.39, 0.29) is 11.6 Å². The van der Waals surface area contributed by atoms with Gasteiger partial charge in [-0.2, -0.15) is 0 Å². The van der Waals surface area contributed by atoms with Gasteiger partial charge in [-0.3, -0.25) is 14.9 Å². The number of nitrogens with zero attached hydrogens (tertiary/aromatic N) is 4. The molecule has 7 nitrogen and oxygen atoms in total. The van der Waals surface area contributed by atoms with E-state index in [0.717, 1.165) is 38.3 Å². The van der Waals surface area contributed by atoms with E-state index in [4.69, 9.17) is 0 Å². The van der Waals surface area contributed by atoms with E-state index in [1.54, 1.807) is 17.0 Å². The number of non-ortho nitro benzene ring substituents is 1. The Balaban J connectivity index is 1.76. The molecule has 0 aromatic heterocycles. The Hall–Kier alpha value is -2.41. The van der Waals surface area contributed by atoms with Crippen molar-refractivity contribution in [1.29, 1.82) is 0 Å². The molecule has 0 atom stereocenters. The smallest absolute Gasteiger partial charge is 0.274 e. The zero-order valence-corrected chi connectivity index (χ0v) is 13.1. The second-order valence-corrected chi connectivity index (χ2v) is 5.90. The number of rotatable bonds is 3. The SMILES string of the molecule is CN1CCN(C2=CCCN(c3ccc([N+](=O)[O-])cc3)C2=O)CC1. The fraction of sp³-hybridized carbons (Fsp3) is 0.438. The minimum absolute atomic E-state index is 0.0188. The van der Waals surface area contributed by atoms with Gasteiger partial charge in [-0.1, -0.05) is 6.08 Å². The van der Waals surface area contributed by atoms with E-state index < -0.39 is 4.92 Å². The van der Waals surface area contributed by atoms with Crippen molar-refractivity contribution in [3.05, 3.63) is 46.2 Å². The van der Waals surface area contributed by atoms with E-state index in [2.05, 4.69) is 16.8 Å². The van der Waals surface area contributed by atoms with Crippen LogP contribution in [0.3, 0.4) is 0 Å². The van der Waals surface area contributed by atoms with Crippen LogP contribution in [0.15, 0.2) is 36.0 Å². The van der Waals surface area contributed by atoms with Gasteiger partial charge in [-0.05, 0) is 25.6 Å². The van der Waals surface area contributed by atoms with Crippen LogP contribution in [0, 0.1) is 10.1 Å². The molecule has 0 aliphatic carbocycles. The van der Waals surface area contributed by atoms with Crippen molar-refractivity contribution in [2.45, 2.75) is 6.42 Å². The maximum absolute atomic E-state index is 12.8. The predicted octanol–water partition coefficient (Wildman–Crippen LogP) is 1.46. The highest BCUT2D eigenvalue weighted by Gasteiger charge is 2.28. The Kier molecular flexibility index (Phi) is 4.29. The van der Waals surface area contributed by atoms with Gasteiger partial charge in [0.2, 0.25) is 0 Å². The number of carbonyl (C=O) groups is 1. The fourth-order valence-corrected chi connectivity index (χ4v) is 2.97. The monoisotopic (exact) mass is 316 g/mol. The molecule has 0 spiro atoms. The van der Waals surface area contributed by atoms with Crippen LogP contribution in [0.1, 0.15) is 6.42 Å². The van der Waals surface area contributed by atoms with Gasteiger partial charge in [0.1, 0.15) is 0 Å². The molecule has 2 heterocycles. The minimum atomic E-state index is -0.433. The molecule has 1 fully saturated rings. The quantitative estimate of drug-likeness (QED) is 0.624. The van der Waals surface area contributed by atoms with Crippen LogP contribution in [-0.4, -0.2) is 60.4 Å². The van der Waals surface area contributed by atoms with Gasteiger partial charge in [0.15, 0.2) is 0 Å². The molecule has 1 saturated heterocycles. The van der Waals surface area contributed by atoms with Gasteiger partial charge in [0.25, 0.3) is 11.6 Å². The highest BCUT2D eigenvalue weighted by atomic mass is 16.6. The summed E-state index contributed by atoms with van der Waals surface area (Å²) in [5.74, 6) is -0.0188. The van der Waals surface area contributed by atoms with Crippen LogP contribution < -0.4 is 4.90 Å². The lowest BCUT2D eigenvalue weighted by Gasteiger charge is -2.38. The average molecular weight is 316 g/mol. The topological polar surface area (TPSA) is 69.9 Å². The first-order valence-electron chi connectivity index (χ1n) is 7.76. The number of likely N-dealkylation sites (N-methyl/N-ethyl adjacent to an activating group) is 1. The number of amides is 1. The zero-order valence-electron chi connectivity index (χ0n) is 13.1. The second kappa shape index (κ2) is 6.37. The highest BCUT2D eigenvalue weighted by molar-refractivity contribution is 6.06. The number of hydrogen-bond acceptors (Lipinski definition) is 5. The number of benzene rings is 1. The number of nitro benzene ring substituents is 1. The third kappa shape index (κ3) is 3.19. The second-order valence-electron chi connectivity index (χ2n) is 5.90. The molecular weight excluding hydrogens is 296 g/mol. The Labute approximate surface area is 134 Å². The molecular formula is C16H20N4O3. The summed E-state index contributed by atoms with van der Waals surface area (Å²) in [6.07, 6.45) is 2.81. The van der Waals surface area contributed by atoms with Crippen molar-refractivity contribution in [2.24, 2.45) is 0 Å². The summed E-state index contributed by atoms with van der Waals surface area (Å²) in [5, 5.41) is 10.7. The van der Waals surface area contributed by atoms with E-state index in [1.807, 2.05) is 6.08 Å². The normalized spacial score (nSPS) is 19.7. The minimum Gasteiger partial charge on any atom is -0.365 e. The Morgan fingerprint density at radius 1 is 1.04 bits per heavy atom. The van der Waals surface area contributed by atoms with Crippen LogP contribution in [0.5, 0.6) is 0 Å². The molecule has 0 saturated carbocycles. The van der Waals surface area contributed by atoms with Crippen molar-refractivity contribution in [2.75, 3.05) is 44.7 Å². The van der Waals surface area contributed by atoms with Crippen molar-refractivity contribution in [1.82, 2.24) is 9.80 Å². The predicted molar refractivity (Wildman–Crippen MR) is 87.2 cm³/mol. The van der Waals surface area contributed by atoms with Gasteiger partial charge in [0, 0.05) is 50.5 Å². The van der Waals surface area contributed by atoms with Crippen LogP contribution in [0.4, 0.5) is 11.4 Å². The van der Waals surface area contributed by atoms with Crippen molar-refractivity contribution in [3.63, 3.8) is 0 Å². The number of nitro groups is 1. The van der Waals surface area contributed by atoms with Gasteiger partial charge >= 0.3 is 0 Å². The van der Waals surface area contributed by atoms with E-state index in [9.17, 15) is 14.9 Å². The standard InChI is InChI=1S/C16H20N4O3/c1-17-9-11-18(12-10-17)15-3-2-8-19(16(15)21)13-4-6-14(7-5-13)20(22)23/h3-7H,2,8-12H2,1H3. The van der Waals surface area contributed by atoms with Crippen molar-refractivity contribution < 1.29 is 9.72 Å². The van der Waals surface area contributed by atoms with Gasteiger partial charge in [-0.15, -0.1) is 0 Å². The lowest BCUT2D eigenvalue weighted by molar-refractivity contribution is -0.384. The first-order valence-corrected chi connectivity index (χ1v) is 7.76. The summed E-state index contributed by atoms with van der Waals surface area (Å²) in [6, 6.07) is 6.17. The lowest BCUT2D eigenvalue weighted by atomic mass is 10.1. The van der Waals surface area contributed by atoms with Gasteiger partial charge in [-0.25, -0.2) is 0 Å². The van der Waals surface area contributed by atoms with Crippen molar-refractivity contribution in [3.8, 4) is 0 Å². The van der Waals surface area contributed by atoms with Crippen LogP contribution in [0.2, 0.25) is 0 Å². The Morgan fingerprint density at radius 2 is 1.70 bits per heavy atom. The average Bonchev–Trinajstić information content (AvgIpc) is 2.56. The summed E-state index contributed by atoms with van der Waals surface area (Å²) in [4.78, 5) is 29.2. The summed E-state index contributed by atoms with van der Waals surface area (Å²) < 4.78 is 0. The molecule has 0 bridgehead atoms. The highest BCUT2D eigenvalue weighted by Crippen LogP contribution is 2.25. The first-order chi connectivity index (χ1) is 11.1. The summed E-state index contributed by atoms with van der Waals surface area (Å²) >= 11 is 0. The third-order valence-electron chi connectivity index (χ3n) is 4.37. The van der Waals surface area contributed by atoms with E-state index >= 15 is 0 Å². The molecule has 2 aliphatic rings.